The van der Waals surface area contributed by atoms with Crippen LogP contribution in [0.25, 0.3) is 0 Å². The summed E-state index contributed by atoms with van der Waals surface area (Å²) in [4.78, 5) is 13.3. The minimum absolute atomic E-state index is 0.353. The zero-order valence-electron chi connectivity index (χ0n) is 11.9. The average molecular weight is 285 g/mol. The summed E-state index contributed by atoms with van der Waals surface area (Å²) in [5.41, 5.74) is 0. The van der Waals surface area contributed by atoms with Gasteiger partial charge in [-0.1, -0.05) is 19.3 Å². The van der Waals surface area contributed by atoms with Crippen LogP contribution in [-0.2, 0) is 4.79 Å². The maximum absolute atomic E-state index is 10.8. The Morgan fingerprint density at radius 2 is 1.95 bits per heavy atom. The summed E-state index contributed by atoms with van der Waals surface area (Å²) in [6.45, 7) is 3.32. The second-order valence-corrected chi connectivity index (χ2v) is 7.45. The molecule has 0 aromatic heterocycles. The van der Waals surface area contributed by atoms with E-state index in [9.17, 15) is 4.79 Å². The zero-order chi connectivity index (χ0) is 13.5. The van der Waals surface area contributed by atoms with E-state index >= 15 is 0 Å². The lowest BCUT2D eigenvalue weighted by atomic mass is 9.95. The third-order valence-electron chi connectivity index (χ3n) is 4.38. The van der Waals surface area contributed by atoms with Gasteiger partial charge >= 0.3 is 5.97 Å². The van der Waals surface area contributed by atoms with Crippen LogP contribution in [0.15, 0.2) is 0 Å². The van der Waals surface area contributed by atoms with Crippen LogP contribution < -0.4 is 0 Å². The average Bonchev–Trinajstić information content (AvgIpc) is 2.40. The van der Waals surface area contributed by atoms with Gasteiger partial charge in [0.15, 0.2) is 0 Å². The molecule has 0 spiro atoms. The maximum Gasteiger partial charge on any atom is 0.303 e. The highest BCUT2D eigenvalue weighted by Crippen LogP contribution is 2.28. The third-order valence-corrected chi connectivity index (χ3v) is 5.74. The van der Waals surface area contributed by atoms with Crippen LogP contribution in [0, 0.1) is 5.92 Å². The summed E-state index contributed by atoms with van der Waals surface area (Å²) in [6, 6.07) is 0. The standard InChI is InChI=1S/C15H27NO2S/c17-15(18)11-13-5-4-8-16(12-13)9-10-19-14-6-2-1-3-7-14/h13-14H,1-12H2,(H,17,18). The van der Waals surface area contributed by atoms with E-state index < -0.39 is 5.97 Å². The van der Waals surface area contributed by atoms with Crippen LogP contribution in [0.5, 0.6) is 0 Å². The fourth-order valence-corrected chi connectivity index (χ4v) is 4.71. The van der Waals surface area contributed by atoms with Crippen molar-refractivity contribution in [2.45, 2.75) is 56.6 Å². The van der Waals surface area contributed by atoms with Gasteiger partial charge in [-0.3, -0.25) is 4.79 Å². The summed E-state index contributed by atoms with van der Waals surface area (Å²) in [6.07, 6.45) is 9.71. The van der Waals surface area contributed by atoms with Gasteiger partial charge in [-0.25, -0.2) is 0 Å². The topological polar surface area (TPSA) is 40.5 Å². The van der Waals surface area contributed by atoms with Crippen LogP contribution in [0.3, 0.4) is 0 Å². The highest BCUT2D eigenvalue weighted by Gasteiger charge is 2.22. The summed E-state index contributed by atoms with van der Waals surface area (Å²) >= 11 is 2.15. The number of hydrogen-bond acceptors (Lipinski definition) is 3. The number of aliphatic carboxylic acids is 1. The van der Waals surface area contributed by atoms with E-state index in [0.29, 0.717) is 12.3 Å². The number of rotatable bonds is 6. The lowest BCUT2D eigenvalue weighted by molar-refractivity contribution is -0.138. The first kappa shape index (κ1) is 15.2. The lowest BCUT2D eigenvalue weighted by Gasteiger charge is -2.32. The molecule has 1 saturated carbocycles. The van der Waals surface area contributed by atoms with Gasteiger partial charge in [0.1, 0.15) is 0 Å². The van der Waals surface area contributed by atoms with Gasteiger partial charge in [-0.15, -0.1) is 0 Å². The minimum atomic E-state index is -0.636. The Kier molecular flexibility index (Phi) is 6.51. The van der Waals surface area contributed by atoms with E-state index in [2.05, 4.69) is 16.7 Å². The highest BCUT2D eigenvalue weighted by molar-refractivity contribution is 7.99. The molecule has 3 nitrogen and oxygen atoms in total. The third kappa shape index (κ3) is 5.74. The zero-order valence-corrected chi connectivity index (χ0v) is 12.7. The van der Waals surface area contributed by atoms with Crippen molar-refractivity contribution in [1.29, 1.82) is 0 Å². The second-order valence-electron chi connectivity index (χ2n) is 6.04. The van der Waals surface area contributed by atoms with Gasteiger partial charge in [-0.2, -0.15) is 11.8 Å². The highest BCUT2D eigenvalue weighted by atomic mass is 32.2. The fourth-order valence-electron chi connectivity index (χ4n) is 3.35. The Balaban J connectivity index is 1.60. The van der Waals surface area contributed by atoms with E-state index in [1.165, 1.54) is 50.8 Å². The van der Waals surface area contributed by atoms with Gasteiger partial charge in [-0.05, 0) is 38.1 Å². The van der Waals surface area contributed by atoms with E-state index in [-0.39, 0.29) is 0 Å². The van der Waals surface area contributed by atoms with Crippen molar-refractivity contribution in [3.63, 3.8) is 0 Å². The molecule has 110 valence electrons. The van der Waals surface area contributed by atoms with Crippen LogP contribution in [0.2, 0.25) is 0 Å². The molecule has 2 fully saturated rings. The molecule has 0 aromatic carbocycles. The normalized spacial score (nSPS) is 26.4. The van der Waals surface area contributed by atoms with Crippen molar-refractivity contribution in [3.05, 3.63) is 0 Å². The molecule has 1 saturated heterocycles. The first-order valence-electron chi connectivity index (χ1n) is 7.80. The number of piperidine rings is 1. The Morgan fingerprint density at radius 1 is 1.16 bits per heavy atom. The van der Waals surface area contributed by atoms with Gasteiger partial charge < -0.3 is 10.0 Å². The molecule has 19 heavy (non-hydrogen) atoms. The largest absolute Gasteiger partial charge is 0.481 e. The maximum atomic E-state index is 10.8. The summed E-state index contributed by atoms with van der Waals surface area (Å²) in [5.74, 6) is 0.971. The first-order valence-corrected chi connectivity index (χ1v) is 8.84. The Labute approximate surface area is 121 Å². The summed E-state index contributed by atoms with van der Waals surface area (Å²) in [7, 11) is 0. The number of nitrogens with zero attached hydrogens (tertiary/aromatic N) is 1. The van der Waals surface area contributed by atoms with Crippen LogP contribution in [0.4, 0.5) is 0 Å². The quantitative estimate of drug-likeness (QED) is 0.813. The smallest absolute Gasteiger partial charge is 0.303 e. The number of carboxylic acids is 1. The van der Waals surface area contributed by atoms with E-state index in [0.717, 1.165) is 24.8 Å². The van der Waals surface area contributed by atoms with E-state index in [1.807, 2.05) is 0 Å². The van der Waals surface area contributed by atoms with Crippen molar-refractivity contribution < 1.29 is 9.90 Å². The molecule has 0 bridgehead atoms. The SMILES string of the molecule is O=C(O)CC1CCCN(CCSC2CCCCC2)C1. The minimum Gasteiger partial charge on any atom is -0.481 e. The van der Waals surface area contributed by atoms with Crippen molar-refractivity contribution in [1.82, 2.24) is 4.90 Å². The fraction of sp³-hybridized carbons (Fsp3) is 0.933. The molecule has 1 aliphatic carbocycles. The molecule has 1 N–H and O–H groups in total. The molecule has 1 atom stereocenters. The van der Waals surface area contributed by atoms with Crippen LogP contribution in [-0.4, -0.2) is 46.6 Å². The van der Waals surface area contributed by atoms with Crippen molar-refractivity contribution in [2.75, 3.05) is 25.4 Å². The molecule has 0 aromatic rings. The molecule has 0 amide bonds. The van der Waals surface area contributed by atoms with Crippen LogP contribution >= 0.6 is 11.8 Å². The lowest BCUT2D eigenvalue weighted by Crippen LogP contribution is -2.37. The molecule has 4 heteroatoms. The van der Waals surface area contributed by atoms with Crippen LogP contribution in [0.1, 0.15) is 51.4 Å². The molecule has 2 rings (SSSR count). The van der Waals surface area contributed by atoms with E-state index in [4.69, 9.17) is 5.11 Å². The number of likely N-dealkylation sites (tertiary alicyclic amines) is 1. The van der Waals surface area contributed by atoms with Crippen molar-refractivity contribution >= 4 is 17.7 Å². The van der Waals surface area contributed by atoms with Gasteiger partial charge in [0.2, 0.25) is 0 Å². The van der Waals surface area contributed by atoms with Gasteiger partial charge in [0.25, 0.3) is 0 Å². The number of hydrogen-bond donors (Lipinski definition) is 1. The Bertz CT molecular complexity index is 279. The monoisotopic (exact) mass is 285 g/mol. The Hall–Kier alpha value is -0.220. The van der Waals surface area contributed by atoms with Gasteiger partial charge in [0, 0.05) is 30.5 Å². The number of carboxylic acid groups (broad SMARTS) is 1. The molecule has 1 aliphatic heterocycles. The molecular formula is C15H27NO2S. The van der Waals surface area contributed by atoms with E-state index in [1.54, 1.807) is 0 Å². The molecular weight excluding hydrogens is 258 g/mol. The molecule has 1 heterocycles. The Morgan fingerprint density at radius 3 is 2.68 bits per heavy atom. The predicted molar refractivity (Wildman–Crippen MR) is 80.7 cm³/mol. The summed E-state index contributed by atoms with van der Waals surface area (Å²) in [5, 5.41) is 9.77. The molecule has 0 radical (unpaired) electrons. The first-order chi connectivity index (χ1) is 9.24. The second kappa shape index (κ2) is 8.15. The number of thioether (sulfide) groups is 1. The van der Waals surface area contributed by atoms with Crippen molar-refractivity contribution in [2.24, 2.45) is 5.92 Å². The molecule has 2 aliphatic rings. The molecule has 1 unspecified atom stereocenters. The predicted octanol–water partition coefficient (Wildman–Crippen LogP) is 3.24. The van der Waals surface area contributed by atoms with Crippen molar-refractivity contribution in [3.8, 4) is 0 Å². The van der Waals surface area contributed by atoms with Gasteiger partial charge in [0.05, 0.1) is 0 Å². The number of carbonyl (C=O) groups is 1. The summed E-state index contributed by atoms with van der Waals surface area (Å²) < 4.78 is 0.